The molecule has 3 heteroatoms. The minimum absolute atomic E-state index is 0.0663. The normalized spacial score (nSPS) is 12.3. The number of aromatic nitrogens is 2. The van der Waals surface area contributed by atoms with Gasteiger partial charge in [0, 0.05) is 16.5 Å². The summed E-state index contributed by atoms with van der Waals surface area (Å²) in [6.45, 7) is 6.76. The standard InChI is InChI=1S/C19H18N2S/c1-19(2,3)17-12-13-8-4-6-10-15(13)21(17)18-20-14-9-5-7-11-16(14)22-18/h4-12H,1-3H3. The molecular formula is C19H18N2S. The first-order valence-corrected chi connectivity index (χ1v) is 8.32. The SMILES string of the molecule is CC(C)(C)c1cc2ccccc2n1-c1nc2ccccc2s1. The van der Waals surface area contributed by atoms with E-state index in [9.17, 15) is 0 Å². The van der Waals surface area contributed by atoms with Crippen molar-refractivity contribution in [2.75, 3.05) is 0 Å². The molecule has 0 amide bonds. The highest BCUT2D eigenvalue weighted by molar-refractivity contribution is 7.20. The van der Waals surface area contributed by atoms with Crippen LogP contribution in [0.3, 0.4) is 0 Å². The zero-order chi connectivity index (χ0) is 15.3. The predicted octanol–water partition coefficient (Wildman–Crippen LogP) is 5.54. The topological polar surface area (TPSA) is 17.8 Å². The second kappa shape index (κ2) is 4.68. The number of fused-ring (bicyclic) bond motifs is 2. The molecule has 0 aliphatic rings. The third-order valence-electron chi connectivity index (χ3n) is 3.95. The van der Waals surface area contributed by atoms with Crippen LogP contribution in [0, 0.1) is 0 Å². The lowest BCUT2D eigenvalue weighted by atomic mass is 9.92. The van der Waals surface area contributed by atoms with Crippen molar-refractivity contribution >= 4 is 32.5 Å². The van der Waals surface area contributed by atoms with Gasteiger partial charge in [-0.05, 0) is 24.3 Å². The summed E-state index contributed by atoms with van der Waals surface area (Å²) in [5, 5.41) is 2.32. The smallest absolute Gasteiger partial charge is 0.195 e. The van der Waals surface area contributed by atoms with Gasteiger partial charge >= 0.3 is 0 Å². The van der Waals surface area contributed by atoms with Crippen molar-refractivity contribution in [1.82, 2.24) is 9.55 Å². The highest BCUT2D eigenvalue weighted by atomic mass is 32.1. The Bertz CT molecular complexity index is 937. The van der Waals surface area contributed by atoms with E-state index < -0.39 is 0 Å². The van der Waals surface area contributed by atoms with Crippen molar-refractivity contribution in [2.24, 2.45) is 0 Å². The van der Waals surface area contributed by atoms with Crippen LogP contribution in [0.15, 0.2) is 54.6 Å². The lowest BCUT2D eigenvalue weighted by molar-refractivity contribution is 0.559. The Morgan fingerprint density at radius 2 is 1.68 bits per heavy atom. The number of hydrogen-bond acceptors (Lipinski definition) is 2. The van der Waals surface area contributed by atoms with E-state index in [0.29, 0.717) is 0 Å². The Kier molecular flexibility index (Phi) is 2.88. The molecule has 4 aromatic rings. The fraction of sp³-hybridized carbons (Fsp3) is 0.211. The molecule has 0 fully saturated rings. The quantitative estimate of drug-likeness (QED) is 0.451. The molecule has 4 rings (SSSR count). The molecule has 0 saturated carbocycles. The fourth-order valence-electron chi connectivity index (χ4n) is 2.87. The van der Waals surface area contributed by atoms with Crippen molar-refractivity contribution in [1.29, 1.82) is 0 Å². The molecule has 22 heavy (non-hydrogen) atoms. The van der Waals surface area contributed by atoms with E-state index in [1.807, 2.05) is 6.07 Å². The van der Waals surface area contributed by atoms with E-state index in [0.717, 1.165) is 10.6 Å². The van der Waals surface area contributed by atoms with Gasteiger partial charge in [-0.2, -0.15) is 0 Å². The van der Waals surface area contributed by atoms with E-state index in [1.165, 1.54) is 21.3 Å². The average Bonchev–Trinajstić information content (AvgIpc) is 3.07. The summed E-state index contributed by atoms with van der Waals surface area (Å²) in [4.78, 5) is 4.86. The number of nitrogens with zero attached hydrogens (tertiary/aromatic N) is 2. The van der Waals surface area contributed by atoms with Gasteiger partial charge in [0.05, 0.1) is 15.7 Å². The van der Waals surface area contributed by atoms with Crippen LogP contribution < -0.4 is 0 Å². The molecule has 0 aliphatic carbocycles. The molecule has 2 nitrogen and oxygen atoms in total. The highest BCUT2D eigenvalue weighted by Crippen LogP contribution is 2.35. The third-order valence-corrected chi connectivity index (χ3v) is 4.97. The first kappa shape index (κ1) is 13.5. The van der Waals surface area contributed by atoms with Gasteiger partial charge in [-0.25, -0.2) is 4.98 Å². The summed E-state index contributed by atoms with van der Waals surface area (Å²) in [6.07, 6.45) is 0. The number of rotatable bonds is 1. The Hall–Kier alpha value is -2.13. The molecular weight excluding hydrogens is 288 g/mol. The van der Waals surface area contributed by atoms with Crippen LogP contribution in [-0.4, -0.2) is 9.55 Å². The summed E-state index contributed by atoms with van der Waals surface area (Å²) >= 11 is 1.75. The van der Waals surface area contributed by atoms with Gasteiger partial charge in [0.1, 0.15) is 0 Å². The van der Waals surface area contributed by atoms with E-state index in [-0.39, 0.29) is 5.41 Å². The van der Waals surface area contributed by atoms with Crippen molar-refractivity contribution in [3.8, 4) is 5.13 Å². The van der Waals surface area contributed by atoms with Gasteiger partial charge in [0.2, 0.25) is 0 Å². The van der Waals surface area contributed by atoms with Crippen LogP contribution in [0.1, 0.15) is 26.5 Å². The molecule has 0 N–H and O–H groups in total. The predicted molar refractivity (Wildman–Crippen MR) is 95.2 cm³/mol. The van der Waals surface area contributed by atoms with Gasteiger partial charge in [-0.1, -0.05) is 62.4 Å². The van der Waals surface area contributed by atoms with Gasteiger partial charge in [-0.15, -0.1) is 0 Å². The van der Waals surface area contributed by atoms with Crippen molar-refractivity contribution in [2.45, 2.75) is 26.2 Å². The fourth-order valence-corrected chi connectivity index (χ4v) is 3.86. The van der Waals surface area contributed by atoms with E-state index >= 15 is 0 Å². The lowest BCUT2D eigenvalue weighted by Gasteiger charge is -2.20. The Morgan fingerprint density at radius 1 is 0.955 bits per heavy atom. The van der Waals surface area contributed by atoms with Gasteiger partial charge in [0.25, 0.3) is 0 Å². The zero-order valence-corrected chi connectivity index (χ0v) is 13.8. The van der Waals surface area contributed by atoms with Crippen molar-refractivity contribution < 1.29 is 0 Å². The van der Waals surface area contributed by atoms with Gasteiger partial charge in [-0.3, -0.25) is 4.57 Å². The zero-order valence-electron chi connectivity index (χ0n) is 13.0. The Morgan fingerprint density at radius 3 is 2.45 bits per heavy atom. The van der Waals surface area contributed by atoms with E-state index in [2.05, 4.69) is 73.9 Å². The lowest BCUT2D eigenvalue weighted by Crippen LogP contribution is -2.16. The second-order valence-electron chi connectivity index (χ2n) is 6.64. The summed E-state index contributed by atoms with van der Waals surface area (Å²) in [5.74, 6) is 0. The molecule has 0 unspecified atom stereocenters. The molecule has 0 saturated heterocycles. The molecule has 110 valence electrons. The first-order valence-electron chi connectivity index (χ1n) is 7.51. The third kappa shape index (κ3) is 2.04. The highest BCUT2D eigenvalue weighted by Gasteiger charge is 2.23. The molecule has 0 spiro atoms. The van der Waals surface area contributed by atoms with Gasteiger partial charge in [0.15, 0.2) is 5.13 Å². The second-order valence-corrected chi connectivity index (χ2v) is 7.65. The van der Waals surface area contributed by atoms with E-state index in [1.54, 1.807) is 11.3 Å². The maximum atomic E-state index is 4.86. The summed E-state index contributed by atoms with van der Waals surface area (Å²) in [5.41, 5.74) is 3.66. The minimum Gasteiger partial charge on any atom is -0.289 e. The summed E-state index contributed by atoms with van der Waals surface area (Å²) in [7, 11) is 0. The number of para-hydroxylation sites is 2. The Balaban J connectivity index is 2.08. The summed E-state index contributed by atoms with van der Waals surface area (Å²) < 4.78 is 3.55. The number of thiazole rings is 1. The van der Waals surface area contributed by atoms with E-state index in [4.69, 9.17) is 4.98 Å². The summed E-state index contributed by atoms with van der Waals surface area (Å²) in [6, 6.07) is 19.2. The molecule has 0 atom stereocenters. The number of hydrogen-bond donors (Lipinski definition) is 0. The molecule has 2 heterocycles. The van der Waals surface area contributed by atoms with Crippen LogP contribution in [0.25, 0.3) is 26.3 Å². The molecule has 0 bridgehead atoms. The molecule has 0 aliphatic heterocycles. The molecule has 2 aromatic carbocycles. The number of benzene rings is 2. The molecule has 0 radical (unpaired) electrons. The van der Waals surface area contributed by atoms with Crippen LogP contribution in [-0.2, 0) is 5.41 Å². The maximum Gasteiger partial charge on any atom is 0.195 e. The largest absolute Gasteiger partial charge is 0.289 e. The minimum atomic E-state index is 0.0663. The van der Waals surface area contributed by atoms with Crippen LogP contribution >= 0.6 is 11.3 Å². The maximum absolute atomic E-state index is 4.86. The first-order chi connectivity index (χ1) is 10.5. The van der Waals surface area contributed by atoms with Crippen LogP contribution in [0.5, 0.6) is 0 Å². The molecule has 2 aromatic heterocycles. The van der Waals surface area contributed by atoms with Gasteiger partial charge < -0.3 is 0 Å². The monoisotopic (exact) mass is 306 g/mol. The Labute approximate surface area is 134 Å². The van der Waals surface area contributed by atoms with Crippen molar-refractivity contribution in [3.05, 3.63) is 60.3 Å². The van der Waals surface area contributed by atoms with Crippen LogP contribution in [0.2, 0.25) is 0 Å². The van der Waals surface area contributed by atoms with Crippen molar-refractivity contribution in [3.63, 3.8) is 0 Å². The van der Waals surface area contributed by atoms with Crippen LogP contribution in [0.4, 0.5) is 0 Å². The average molecular weight is 306 g/mol.